The fourth-order valence-electron chi connectivity index (χ4n) is 2.07. The standard InChI is InChI=1S/C13H18FN3OS/c14-11-3-1-2-4-12(11)15-13(19)17-7-5-16(6-8-17)9-10-18/h1-4,18H,5-10H2,(H,15,19). The highest BCUT2D eigenvalue weighted by Gasteiger charge is 2.18. The van der Waals surface area contributed by atoms with Crippen LogP contribution in [0.5, 0.6) is 0 Å². The van der Waals surface area contributed by atoms with Crippen molar-refractivity contribution in [1.29, 1.82) is 0 Å². The molecular weight excluding hydrogens is 265 g/mol. The molecule has 0 amide bonds. The van der Waals surface area contributed by atoms with Crippen molar-refractivity contribution in [2.24, 2.45) is 0 Å². The van der Waals surface area contributed by atoms with Gasteiger partial charge in [-0.15, -0.1) is 0 Å². The first-order valence-electron chi connectivity index (χ1n) is 6.34. The molecule has 0 aromatic heterocycles. The highest BCUT2D eigenvalue weighted by molar-refractivity contribution is 7.80. The Bertz CT molecular complexity index is 436. The van der Waals surface area contributed by atoms with Crippen molar-refractivity contribution in [3.8, 4) is 0 Å². The van der Waals surface area contributed by atoms with Gasteiger partial charge in [-0.3, -0.25) is 4.90 Å². The lowest BCUT2D eigenvalue weighted by Gasteiger charge is -2.35. The van der Waals surface area contributed by atoms with E-state index in [1.165, 1.54) is 6.07 Å². The second-order valence-corrected chi connectivity index (χ2v) is 4.85. The lowest BCUT2D eigenvalue weighted by Crippen LogP contribution is -2.50. The molecule has 0 atom stereocenters. The molecule has 1 aliphatic heterocycles. The number of aliphatic hydroxyl groups excluding tert-OH is 1. The molecular formula is C13H18FN3OS. The van der Waals surface area contributed by atoms with Gasteiger partial charge in [0.25, 0.3) is 0 Å². The SMILES string of the molecule is OCCN1CCN(C(=S)Nc2ccccc2F)CC1. The first-order valence-corrected chi connectivity index (χ1v) is 6.75. The van der Waals surface area contributed by atoms with Crippen molar-refractivity contribution in [3.63, 3.8) is 0 Å². The number of β-amino-alcohol motifs (C(OH)–C–C–N with tert-alkyl or cyclic N) is 1. The molecule has 2 rings (SSSR count). The zero-order valence-corrected chi connectivity index (χ0v) is 11.5. The predicted molar refractivity (Wildman–Crippen MR) is 77.7 cm³/mol. The van der Waals surface area contributed by atoms with Gasteiger partial charge in [0.2, 0.25) is 0 Å². The summed E-state index contributed by atoms with van der Waals surface area (Å²) in [7, 11) is 0. The van der Waals surface area contributed by atoms with E-state index in [4.69, 9.17) is 17.3 Å². The van der Waals surface area contributed by atoms with Crippen molar-refractivity contribution >= 4 is 23.0 Å². The van der Waals surface area contributed by atoms with E-state index in [2.05, 4.69) is 10.2 Å². The maximum atomic E-state index is 13.5. The number of nitrogens with zero attached hydrogens (tertiary/aromatic N) is 2. The highest BCUT2D eigenvalue weighted by Crippen LogP contribution is 2.14. The van der Waals surface area contributed by atoms with E-state index in [1.807, 2.05) is 4.90 Å². The number of benzene rings is 1. The van der Waals surface area contributed by atoms with Crippen molar-refractivity contribution in [3.05, 3.63) is 30.1 Å². The Morgan fingerprint density at radius 2 is 1.95 bits per heavy atom. The summed E-state index contributed by atoms with van der Waals surface area (Å²) in [6.45, 7) is 4.18. The molecule has 1 saturated heterocycles. The van der Waals surface area contributed by atoms with Gasteiger partial charge in [-0.2, -0.15) is 0 Å². The van der Waals surface area contributed by atoms with Crippen LogP contribution in [0, 0.1) is 5.82 Å². The summed E-state index contributed by atoms with van der Waals surface area (Å²) in [5.74, 6) is -0.302. The Hall–Kier alpha value is -1.24. The third kappa shape index (κ3) is 3.86. The second kappa shape index (κ2) is 6.79. The highest BCUT2D eigenvalue weighted by atomic mass is 32.1. The molecule has 1 aliphatic rings. The molecule has 0 saturated carbocycles. The van der Waals surface area contributed by atoms with Crippen LogP contribution in [-0.4, -0.2) is 59.3 Å². The van der Waals surface area contributed by atoms with Crippen LogP contribution in [0.1, 0.15) is 0 Å². The molecule has 0 unspecified atom stereocenters. The van der Waals surface area contributed by atoms with Gasteiger partial charge >= 0.3 is 0 Å². The zero-order valence-electron chi connectivity index (χ0n) is 10.7. The van der Waals surface area contributed by atoms with Crippen molar-refractivity contribution in [2.75, 3.05) is 44.6 Å². The number of halogens is 1. The molecule has 0 aliphatic carbocycles. The van der Waals surface area contributed by atoms with Gasteiger partial charge in [0.15, 0.2) is 5.11 Å². The lowest BCUT2D eigenvalue weighted by atomic mass is 10.3. The van der Waals surface area contributed by atoms with Crippen LogP contribution in [-0.2, 0) is 0 Å². The molecule has 0 bridgehead atoms. The number of nitrogens with one attached hydrogen (secondary N) is 1. The van der Waals surface area contributed by atoms with E-state index in [0.29, 0.717) is 17.3 Å². The number of para-hydroxylation sites is 1. The van der Waals surface area contributed by atoms with E-state index in [-0.39, 0.29) is 12.4 Å². The molecule has 1 heterocycles. The summed E-state index contributed by atoms with van der Waals surface area (Å²) in [5.41, 5.74) is 0.408. The minimum absolute atomic E-state index is 0.178. The van der Waals surface area contributed by atoms with Crippen LogP contribution in [0.3, 0.4) is 0 Å². The Labute approximate surface area is 117 Å². The Balaban J connectivity index is 1.87. The molecule has 1 fully saturated rings. The summed E-state index contributed by atoms with van der Waals surface area (Å²) in [5, 5.41) is 12.4. The molecule has 6 heteroatoms. The van der Waals surface area contributed by atoms with Crippen molar-refractivity contribution in [1.82, 2.24) is 9.80 Å². The average molecular weight is 283 g/mol. The van der Waals surface area contributed by atoms with E-state index in [9.17, 15) is 4.39 Å². The lowest BCUT2D eigenvalue weighted by molar-refractivity contribution is 0.148. The van der Waals surface area contributed by atoms with E-state index >= 15 is 0 Å². The molecule has 0 spiro atoms. The number of rotatable bonds is 3. The fraction of sp³-hybridized carbons (Fsp3) is 0.462. The third-order valence-corrected chi connectivity index (χ3v) is 3.55. The topological polar surface area (TPSA) is 38.7 Å². The smallest absolute Gasteiger partial charge is 0.173 e. The van der Waals surface area contributed by atoms with Gasteiger partial charge in [-0.1, -0.05) is 12.1 Å². The monoisotopic (exact) mass is 283 g/mol. The van der Waals surface area contributed by atoms with E-state index in [1.54, 1.807) is 18.2 Å². The number of thiocarbonyl (C=S) groups is 1. The first-order chi connectivity index (χ1) is 9.20. The van der Waals surface area contributed by atoms with Gasteiger partial charge in [0.05, 0.1) is 12.3 Å². The Kier molecular flexibility index (Phi) is 5.07. The van der Waals surface area contributed by atoms with Gasteiger partial charge < -0.3 is 15.3 Å². The molecule has 4 nitrogen and oxygen atoms in total. The predicted octanol–water partition coefficient (Wildman–Crippen LogP) is 1.13. The minimum atomic E-state index is -0.302. The van der Waals surface area contributed by atoms with Crippen LogP contribution in [0.2, 0.25) is 0 Å². The normalized spacial score (nSPS) is 16.4. The fourth-order valence-corrected chi connectivity index (χ4v) is 2.37. The molecule has 19 heavy (non-hydrogen) atoms. The van der Waals surface area contributed by atoms with Gasteiger partial charge in [-0.05, 0) is 24.4 Å². The van der Waals surface area contributed by atoms with Gasteiger partial charge in [0, 0.05) is 32.7 Å². The minimum Gasteiger partial charge on any atom is -0.395 e. The Morgan fingerprint density at radius 3 is 2.58 bits per heavy atom. The summed E-state index contributed by atoms with van der Waals surface area (Å²) >= 11 is 5.30. The van der Waals surface area contributed by atoms with Crippen molar-refractivity contribution < 1.29 is 9.50 Å². The van der Waals surface area contributed by atoms with Crippen LogP contribution in [0.25, 0.3) is 0 Å². The largest absolute Gasteiger partial charge is 0.395 e. The maximum absolute atomic E-state index is 13.5. The maximum Gasteiger partial charge on any atom is 0.173 e. The summed E-state index contributed by atoms with van der Waals surface area (Å²) in [6, 6.07) is 6.50. The second-order valence-electron chi connectivity index (χ2n) is 4.46. The quantitative estimate of drug-likeness (QED) is 0.814. The molecule has 0 radical (unpaired) electrons. The van der Waals surface area contributed by atoms with Crippen LogP contribution in [0.4, 0.5) is 10.1 Å². The van der Waals surface area contributed by atoms with Crippen LogP contribution in [0.15, 0.2) is 24.3 Å². The number of aliphatic hydroxyl groups is 1. The summed E-state index contributed by atoms with van der Waals surface area (Å²) in [6.07, 6.45) is 0. The third-order valence-electron chi connectivity index (χ3n) is 3.19. The number of anilines is 1. The number of hydrogen-bond donors (Lipinski definition) is 2. The Morgan fingerprint density at radius 1 is 1.26 bits per heavy atom. The molecule has 1 aromatic carbocycles. The summed E-state index contributed by atoms with van der Waals surface area (Å²) in [4.78, 5) is 4.21. The zero-order chi connectivity index (χ0) is 13.7. The number of hydrogen-bond acceptors (Lipinski definition) is 3. The van der Waals surface area contributed by atoms with E-state index < -0.39 is 0 Å². The first kappa shape index (κ1) is 14.2. The molecule has 1 aromatic rings. The average Bonchev–Trinajstić information content (AvgIpc) is 2.42. The molecule has 2 N–H and O–H groups in total. The van der Waals surface area contributed by atoms with Crippen LogP contribution < -0.4 is 5.32 Å². The van der Waals surface area contributed by atoms with Crippen LogP contribution >= 0.6 is 12.2 Å². The summed E-state index contributed by atoms with van der Waals surface area (Å²) < 4.78 is 13.5. The van der Waals surface area contributed by atoms with Gasteiger partial charge in [-0.25, -0.2) is 4.39 Å². The molecule has 104 valence electrons. The van der Waals surface area contributed by atoms with Gasteiger partial charge in [0.1, 0.15) is 5.82 Å². The van der Waals surface area contributed by atoms with Crippen molar-refractivity contribution in [2.45, 2.75) is 0 Å². The number of piperazine rings is 1. The van der Waals surface area contributed by atoms with E-state index in [0.717, 1.165) is 26.2 Å².